The molecule has 0 amide bonds. The van der Waals surface area contributed by atoms with Crippen LogP contribution < -0.4 is 10.8 Å². The van der Waals surface area contributed by atoms with Gasteiger partial charge in [-0.2, -0.15) is 0 Å². The van der Waals surface area contributed by atoms with Crippen molar-refractivity contribution >= 4 is 53.1 Å². The second-order valence-corrected chi connectivity index (χ2v) is 7.24. The van der Waals surface area contributed by atoms with Crippen molar-refractivity contribution in [2.75, 3.05) is 5.73 Å². The Hall–Kier alpha value is -2.34. The third-order valence-electron chi connectivity index (χ3n) is 4.56. The molecule has 0 fully saturated rings. The van der Waals surface area contributed by atoms with E-state index in [0.717, 1.165) is 37.7 Å². The van der Waals surface area contributed by atoms with E-state index >= 15 is 0 Å². The first-order chi connectivity index (χ1) is 13.1. The number of hydrogen-bond acceptors (Lipinski definition) is 5. The van der Waals surface area contributed by atoms with Crippen LogP contribution in [0.3, 0.4) is 0 Å². The average molecular weight is 441 g/mol. The number of nitrogens with two attached hydrogens (primary N) is 1. The van der Waals surface area contributed by atoms with E-state index in [4.69, 9.17) is 5.73 Å². The van der Waals surface area contributed by atoms with Crippen molar-refractivity contribution in [1.29, 1.82) is 0 Å². The Morgan fingerprint density at radius 3 is 2.89 bits per heavy atom. The van der Waals surface area contributed by atoms with Crippen LogP contribution in [0.25, 0.3) is 33.1 Å². The largest absolute Gasteiger partial charge is 0.383 e. The minimum absolute atomic E-state index is 0.0562. The van der Waals surface area contributed by atoms with Crippen LogP contribution in [0.1, 0.15) is 0 Å². The van der Waals surface area contributed by atoms with Gasteiger partial charge in [-0.1, -0.05) is 33.7 Å². The molecule has 2 atom stereocenters. The predicted octanol–water partition coefficient (Wildman–Crippen LogP) is 3.93. The van der Waals surface area contributed by atoms with Crippen molar-refractivity contribution in [3.8, 4) is 11.1 Å². The number of para-hydroxylation sites is 1. The van der Waals surface area contributed by atoms with Crippen LogP contribution >= 0.6 is 25.3 Å². The molecule has 0 bridgehead atoms. The summed E-state index contributed by atoms with van der Waals surface area (Å²) in [6, 6.07) is 10.2. The molecule has 27 heavy (non-hydrogen) atoms. The predicted molar refractivity (Wildman–Crippen MR) is 117 cm³/mol. The number of rotatable bonds is 5. The first kappa shape index (κ1) is 18.0. The van der Waals surface area contributed by atoms with Gasteiger partial charge in [-0.3, -0.25) is 10.1 Å². The molecule has 3 N–H and O–H groups in total. The fraction of sp³-hybridized carbons (Fsp3) is 0.105. The van der Waals surface area contributed by atoms with E-state index in [-0.39, 0.29) is 6.04 Å². The minimum Gasteiger partial charge on any atom is -0.383 e. The zero-order valence-corrected chi connectivity index (χ0v) is 17.2. The molecular weight excluding hydrogens is 423 g/mol. The molecule has 0 spiro atoms. The second-order valence-electron chi connectivity index (χ2n) is 6.16. The molecule has 2 unspecified atom stereocenters. The molecule has 4 aromatic rings. The zero-order valence-electron chi connectivity index (χ0n) is 14.4. The van der Waals surface area contributed by atoms with Crippen LogP contribution in [0.15, 0.2) is 60.1 Å². The number of anilines is 1. The van der Waals surface area contributed by atoms with Gasteiger partial charge in [0.2, 0.25) is 0 Å². The van der Waals surface area contributed by atoms with Gasteiger partial charge in [-0.05, 0) is 28.1 Å². The topological polar surface area (TPSA) is 81.7 Å². The van der Waals surface area contributed by atoms with E-state index in [1.807, 2.05) is 36.5 Å². The van der Waals surface area contributed by atoms with Gasteiger partial charge in [0, 0.05) is 35.3 Å². The van der Waals surface area contributed by atoms with E-state index < -0.39 is 0 Å². The molecule has 136 valence electrons. The average Bonchev–Trinajstić information content (AvgIpc) is 2.98. The van der Waals surface area contributed by atoms with Gasteiger partial charge < -0.3 is 10.3 Å². The summed E-state index contributed by atoms with van der Waals surface area (Å²) >= 11 is 3.76. The smallest absolute Gasteiger partial charge is 0.147 e. The number of hydrogen-bond donors (Lipinski definition) is 2. The molecule has 0 aliphatic rings. The Morgan fingerprint density at radius 2 is 2.11 bits per heavy atom. The lowest BCUT2D eigenvalue weighted by Crippen LogP contribution is -2.23. The van der Waals surface area contributed by atoms with Crippen LogP contribution in [0.2, 0.25) is 0 Å². The highest BCUT2D eigenvalue weighted by Crippen LogP contribution is 2.40. The van der Waals surface area contributed by atoms with Gasteiger partial charge in [-0.15, -0.1) is 6.58 Å². The standard InChI is InChI=1S/C19H18BrN6P/c1-2-13(25-27)9-26-17(20)15(16-18(21)23-10-24-19(16)26)12-7-11-5-3-4-6-14(11)22-8-12/h2-8,10,13,25H,1,9,27H2,(H2,21,23,24). The number of nitrogens with zero attached hydrogens (tertiary/aromatic N) is 4. The Labute approximate surface area is 167 Å². The summed E-state index contributed by atoms with van der Waals surface area (Å²) in [5.41, 5.74) is 9.85. The first-order valence-electron chi connectivity index (χ1n) is 8.36. The van der Waals surface area contributed by atoms with E-state index in [9.17, 15) is 0 Å². The van der Waals surface area contributed by atoms with Crippen molar-refractivity contribution in [2.24, 2.45) is 0 Å². The van der Waals surface area contributed by atoms with E-state index in [0.29, 0.717) is 12.4 Å². The number of aromatic nitrogens is 4. The fourth-order valence-corrected chi connectivity index (χ4v) is 4.18. The molecule has 8 heteroatoms. The molecule has 0 saturated heterocycles. The molecule has 0 aliphatic heterocycles. The Morgan fingerprint density at radius 1 is 1.30 bits per heavy atom. The molecule has 4 rings (SSSR count). The lowest BCUT2D eigenvalue weighted by Gasteiger charge is -2.14. The highest BCUT2D eigenvalue weighted by molar-refractivity contribution is 9.10. The molecule has 1 aromatic carbocycles. The summed E-state index contributed by atoms with van der Waals surface area (Å²) in [4.78, 5) is 13.3. The van der Waals surface area contributed by atoms with Crippen LogP contribution in [-0.2, 0) is 6.54 Å². The van der Waals surface area contributed by atoms with Crippen molar-refractivity contribution in [3.63, 3.8) is 0 Å². The SMILES string of the molecule is C=CC(Cn1c(Br)c(-c2cnc3ccccc3c2)c2c(N)ncnc21)NP. The molecule has 6 nitrogen and oxygen atoms in total. The molecule has 3 heterocycles. The van der Waals surface area contributed by atoms with Crippen molar-refractivity contribution in [2.45, 2.75) is 12.6 Å². The van der Waals surface area contributed by atoms with Crippen LogP contribution in [-0.4, -0.2) is 25.6 Å². The fourth-order valence-electron chi connectivity index (χ4n) is 3.19. The third-order valence-corrected chi connectivity index (χ3v) is 5.82. The van der Waals surface area contributed by atoms with Crippen molar-refractivity contribution in [1.82, 2.24) is 24.6 Å². The summed E-state index contributed by atoms with van der Waals surface area (Å²) in [6.45, 7) is 4.52. The van der Waals surface area contributed by atoms with Crippen molar-refractivity contribution in [3.05, 3.63) is 60.1 Å². The van der Waals surface area contributed by atoms with Crippen molar-refractivity contribution < 1.29 is 0 Å². The molecule has 3 aromatic heterocycles. The van der Waals surface area contributed by atoms with Gasteiger partial charge in [-0.25, -0.2) is 9.97 Å². The summed E-state index contributed by atoms with van der Waals surface area (Å²) in [6.07, 6.45) is 5.20. The molecule has 0 aliphatic carbocycles. The summed E-state index contributed by atoms with van der Waals surface area (Å²) < 4.78 is 2.95. The maximum atomic E-state index is 6.24. The normalized spacial score (nSPS) is 12.5. The highest BCUT2D eigenvalue weighted by Gasteiger charge is 2.22. The first-order valence-corrected chi connectivity index (χ1v) is 9.73. The van der Waals surface area contributed by atoms with E-state index in [2.05, 4.69) is 62.6 Å². The molecule has 0 saturated carbocycles. The van der Waals surface area contributed by atoms with Gasteiger partial charge in [0.25, 0.3) is 0 Å². The van der Waals surface area contributed by atoms with Crippen LogP contribution in [0.4, 0.5) is 5.82 Å². The van der Waals surface area contributed by atoms with Crippen LogP contribution in [0.5, 0.6) is 0 Å². The molecular formula is C19H18BrN6P. The summed E-state index contributed by atoms with van der Waals surface area (Å²) in [7, 11) is 2.52. The maximum Gasteiger partial charge on any atom is 0.147 e. The van der Waals surface area contributed by atoms with Gasteiger partial charge in [0.1, 0.15) is 17.8 Å². The highest BCUT2D eigenvalue weighted by atomic mass is 79.9. The monoisotopic (exact) mass is 440 g/mol. The number of halogens is 1. The van der Waals surface area contributed by atoms with Crippen LogP contribution in [0, 0.1) is 0 Å². The number of nitrogens with one attached hydrogen (secondary N) is 1. The number of benzene rings is 1. The Balaban J connectivity index is 1.99. The Kier molecular flexibility index (Phi) is 4.91. The minimum atomic E-state index is 0.0562. The summed E-state index contributed by atoms with van der Waals surface area (Å²) in [5, 5.41) is 5.03. The van der Waals surface area contributed by atoms with E-state index in [1.54, 1.807) is 0 Å². The number of nitrogen functional groups attached to an aromatic ring is 1. The quantitative estimate of drug-likeness (QED) is 0.363. The number of fused-ring (bicyclic) bond motifs is 2. The summed E-state index contributed by atoms with van der Waals surface area (Å²) in [5.74, 6) is 0.441. The Bertz CT molecular complexity index is 1160. The number of pyridine rings is 1. The second kappa shape index (κ2) is 7.35. The lowest BCUT2D eigenvalue weighted by atomic mass is 10.1. The van der Waals surface area contributed by atoms with Gasteiger partial charge >= 0.3 is 0 Å². The maximum absolute atomic E-state index is 6.24. The molecule has 0 radical (unpaired) electrons. The zero-order chi connectivity index (χ0) is 19.0. The van der Waals surface area contributed by atoms with Gasteiger partial charge in [0.15, 0.2) is 0 Å². The third kappa shape index (κ3) is 3.12. The van der Waals surface area contributed by atoms with Gasteiger partial charge in [0.05, 0.1) is 15.5 Å². The lowest BCUT2D eigenvalue weighted by molar-refractivity contribution is 0.609. The van der Waals surface area contributed by atoms with E-state index in [1.165, 1.54) is 6.33 Å².